The molecule has 3 aromatic rings. The Morgan fingerprint density at radius 2 is 1.17 bits per heavy atom. The van der Waals surface area contributed by atoms with Crippen molar-refractivity contribution in [1.82, 2.24) is 0 Å². The Labute approximate surface area is 206 Å². The molecule has 7 nitrogen and oxygen atoms in total. The van der Waals surface area contributed by atoms with Crippen LogP contribution < -0.4 is 0 Å². The first kappa shape index (κ1) is 26.7. The van der Waals surface area contributed by atoms with E-state index in [0.29, 0.717) is 6.29 Å². The highest BCUT2D eigenvalue weighted by Gasteiger charge is 2.35. The summed E-state index contributed by atoms with van der Waals surface area (Å²) in [7, 11) is -3.89. The van der Waals surface area contributed by atoms with Crippen LogP contribution in [0.2, 0.25) is 0 Å². The monoisotopic (exact) mass is 498 g/mol. The van der Waals surface area contributed by atoms with E-state index in [2.05, 4.69) is 0 Å². The molecular formula is C27H30O7S. The highest BCUT2D eigenvalue weighted by atomic mass is 32.2. The third-order valence-electron chi connectivity index (χ3n) is 5.09. The SMILES string of the molecule is CS(=O)(=O)O[C@@H](COCc1ccccc1)[C@H](OCc1ccccc1)[C@H](C=O)OCc1ccccc1. The van der Waals surface area contributed by atoms with Gasteiger partial charge in [-0.2, -0.15) is 8.42 Å². The number of rotatable bonds is 15. The van der Waals surface area contributed by atoms with Crippen molar-refractivity contribution in [2.24, 2.45) is 0 Å². The highest BCUT2D eigenvalue weighted by molar-refractivity contribution is 7.86. The van der Waals surface area contributed by atoms with Gasteiger partial charge in [0.1, 0.15) is 18.3 Å². The minimum absolute atomic E-state index is 0.125. The predicted molar refractivity (Wildman–Crippen MR) is 132 cm³/mol. The average molecular weight is 499 g/mol. The lowest BCUT2D eigenvalue weighted by atomic mass is 10.1. The molecule has 0 unspecified atom stereocenters. The number of hydrogen-bond donors (Lipinski definition) is 0. The number of aldehydes is 1. The molecule has 0 spiro atoms. The van der Waals surface area contributed by atoms with E-state index in [0.717, 1.165) is 22.9 Å². The third-order valence-corrected chi connectivity index (χ3v) is 5.68. The van der Waals surface area contributed by atoms with Gasteiger partial charge in [-0.25, -0.2) is 0 Å². The summed E-state index contributed by atoms with van der Waals surface area (Å²) in [5, 5.41) is 0. The average Bonchev–Trinajstić information content (AvgIpc) is 2.86. The van der Waals surface area contributed by atoms with E-state index < -0.39 is 28.4 Å². The topological polar surface area (TPSA) is 88.1 Å². The van der Waals surface area contributed by atoms with E-state index in [-0.39, 0.29) is 26.4 Å². The minimum atomic E-state index is -3.89. The third kappa shape index (κ3) is 9.71. The zero-order chi connectivity index (χ0) is 24.9. The fourth-order valence-electron chi connectivity index (χ4n) is 3.43. The summed E-state index contributed by atoms with van der Waals surface area (Å²) in [6.07, 6.45) is -1.68. The molecular weight excluding hydrogens is 468 g/mol. The highest BCUT2D eigenvalue weighted by Crippen LogP contribution is 2.18. The summed E-state index contributed by atoms with van der Waals surface area (Å²) in [4.78, 5) is 12.1. The van der Waals surface area contributed by atoms with E-state index in [1.54, 1.807) is 0 Å². The van der Waals surface area contributed by atoms with Crippen molar-refractivity contribution in [2.45, 2.75) is 38.1 Å². The molecule has 0 aliphatic carbocycles. The molecule has 0 radical (unpaired) electrons. The summed E-state index contributed by atoms with van der Waals surface area (Å²) in [6, 6.07) is 28.2. The second kappa shape index (κ2) is 13.9. The summed E-state index contributed by atoms with van der Waals surface area (Å²) in [5.74, 6) is 0. The number of hydrogen-bond acceptors (Lipinski definition) is 7. The van der Waals surface area contributed by atoms with Crippen LogP contribution in [-0.2, 0) is 53.1 Å². The van der Waals surface area contributed by atoms with E-state index in [4.69, 9.17) is 18.4 Å². The van der Waals surface area contributed by atoms with Crippen molar-refractivity contribution in [3.63, 3.8) is 0 Å². The standard InChI is InChI=1S/C27H30O7S/c1-35(29,30)34-26(21-31-18-22-11-5-2-6-12-22)27(33-20-24-15-9-4-10-16-24)25(17-28)32-19-23-13-7-3-8-14-23/h2-17,25-27H,18-21H2,1H3/t25-,26-,27+/m0/s1. The predicted octanol–water partition coefficient (Wildman–Crippen LogP) is 3.92. The first-order chi connectivity index (χ1) is 16.9. The van der Waals surface area contributed by atoms with Crippen LogP contribution in [0.15, 0.2) is 91.0 Å². The summed E-state index contributed by atoms with van der Waals surface area (Å²) in [5.41, 5.74) is 2.63. The molecule has 3 atom stereocenters. The fourth-order valence-corrected chi connectivity index (χ4v) is 4.04. The van der Waals surface area contributed by atoms with Crippen LogP contribution in [0.4, 0.5) is 0 Å². The van der Waals surface area contributed by atoms with Gasteiger partial charge in [0, 0.05) is 0 Å². The van der Waals surface area contributed by atoms with Crippen LogP contribution in [0.25, 0.3) is 0 Å². The van der Waals surface area contributed by atoms with Crippen LogP contribution in [0.3, 0.4) is 0 Å². The molecule has 35 heavy (non-hydrogen) atoms. The maximum absolute atomic E-state index is 12.1. The minimum Gasteiger partial charge on any atom is -0.374 e. The smallest absolute Gasteiger partial charge is 0.264 e. The van der Waals surface area contributed by atoms with Gasteiger partial charge in [-0.05, 0) is 16.7 Å². The van der Waals surface area contributed by atoms with Crippen LogP contribution >= 0.6 is 0 Å². The molecule has 0 aliphatic rings. The van der Waals surface area contributed by atoms with E-state index in [1.807, 2.05) is 91.0 Å². The van der Waals surface area contributed by atoms with Crippen molar-refractivity contribution in [3.05, 3.63) is 108 Å². The van der Waals surface area contributed by atoms with E-state index in [1.165, 1.54) is 0 Å². The van der Waals surface area contributed by atoms with Crippen LogP contribution in [0.1, 0.15) is 16.7 Å². The second-order valence-corrected chi connectivity index (χ2v) is 9.60. The zero-order valence-corrected chi connectivity index (χ0v) is 20.4. The Morgan fingerprint density at radius 1 is 0.714 bits per heavy atom. The zero-order valence-electron chi connectivity index (χ0n) is 19.6. The Hall–Kier alpha value is -2.88. The van der Waals surface area contributed by atoms with Gasteiger partial charge in [0.25, 0.3) is 10.1 Å². The molecule has 0 fully saturated rings. The van der Waals surface area contributed by atoms with E-state index >= 15 is 0 Å². The van der Waals surface area contributed by atoms with Crippen molar-refractivity contribution < 1.29 is 31.6 Å². The molecule has 0 heterocycles. The van der Waals surface area contributed by atoms with Crippen molar-refractivity contribution >= 4 is 16.4 Å². The maximum atomic E-state index is 12.1. The Balaban J connectivity index is 1.78. The normalized spacial score (nSPS) is 14.2. The molecule has 3 aromatic carbocycles. The van der Waals surface area contributed by atoms with Gasteiger partial charge < -0.3 is 19.0 Å². The quantitative estimate of drug-likeness (QED) is 0.232. The first-order valence-corrected chi connectivity index (χ1v) is 13.0. The van der Waals surface area contributed by atoms with Crippen LogP contribution in [0.5, 0.6) is 0 Å². The van der Waals surface area contributed by atoms with Crippen LogP contribution in [-0.4, -0.2) is 45.9 Å². The van der Waals surface area contributed by atoms with Crippen molar-refractivity contribution in [3.8, 4) is 0 Å². The van der Waals surface area contributed by atoms with Crippen LogP contribution in [0, 0.1) is 0 Å². The lowest BCUT2D eigenvalue weighted by molar-refractivity contribution is -0.151. The molecule has 0 aromatic heterocycles. The van der Waals surface area contributed by atoms with Gasteiger partial charge in [0.05, 0.1) is 32.7 Å². The lowest BCUT2D eigenvalue weighted by Crippen LogP contribution is -2.46. The van der Waals surface area contributed by atoms with Gasteiger partial charge >= 0.3 is 0 Å². The number of benzene rings is 3. The molecule has 0 N–H and O–H groups in total. The Bertz CT molecular complexity index is 1110. The lowest BCUT2D eigenvalue weighted by Gasteiger charge is -2.30. The van der Waals surface area contributed by atoms with Gasteiger partial charge in [-0.15, -0.1) is 0 Å². The molecule has 0 amide bonds. The van der Waals surface area contributed by atoms with Crippen molar-refractivity contribution in [1.29, 1.82) is 0 Å². The van der Waals surface area contributed by atoms with Crippen molar-refractivity contribution in [2.75, 3.05) is 12.9 Å². The number of carbonyl (C=O) groups is 1. The Kier molecular flexibility index (Phi) is 10.6. The summed E-state index contributed by atoms with van der Waals surface area (Å²) in [6.45, 7) is 0.395. The number of carbonyl (C=O) groups excluding carboxylic acids is 1. The molecule has 3 rings (SSSR count). The molecule has 0 saturated carbocycles. The summed E-state index contributed by atoms with van der Waals surface area (Å²) >= 11 is 0. The Morgan fingerprint density at radius 3 is 1.63 bits per heavy atom. The van der Waals surface area contributed by atoms with Gasteiger partial charge in [0.15, 0.2) is 6.29 Å². The second-order valence-electron chi connectivity index (χ2n) is 8.00. The maximum Gasteiger partial charge on any atom is 0.264 e. The molecule has 0 bridgehead atoms. The fraction of sp³-hybridized carbons (Fsp3) is 0.296. The molecule has 0 aliphatic heterocycles. The molecule has 8 heteroatoms. The van der Waals surface area contributed by atoms with Gasteiger partial charge in [-0.3, -0.25) is 4.18 Å². The van der Waals surface area contributed by atoms with Gasteiger partial charge in [0.2, 0.25) is 0 Å². The summed E-state index contributed by atoms with van der Waals surface area (Å²) < 4.78 is 47.2. The first-order valence-electron chi connectivity index (χ1n) is 11.2. The van der Waals surface area contributed by atoms with Gasteiger partial charge in [-0.1, -0.05) is 91.0 Å². The molecule has 0 saturated heterocycles. The largest absolute Gasteiger partial charge is 0.374 e. The van der Waals surface area contributed by atoms with E-state index in [9.17, 15) is 13.2 Å². The molecule has 186 valence electrons. The number of ether oxygens (including phenoxy) is 3.